The van der Waals surface area contributed by atoms with Crippen LogP contribution in [-0.2, 0) is 4.74 Å². The zero-order valence-electron chi connectivity index (χ0n) is 9.00. The van der Waals surface area contributed by atoms with E-state index in [0.717, 1.165) is 11.3 Å². The number of aromatic amines is 1. The molecule has 0 radical (unpaired) electrons. The third kappa shape index (κ3) is 2.55. The first kappa shape index (κ1) is 12.7. The topological polar surface area (TPSA) is 64.2 Å². The summed E-state index contributed by atoms with van der Waals surface area (Å²) in [6, 6.07) is -0.282. The van der Waals surface area contributed by atoms with Gasteiger partial charge in [0.2, 0.25) is 0 Å². The summed E-state index contributed by atoms with van der Waals surface area (Å²) in [5.41, 5.74) is 0.668. The number of H-pyrrole nitrogens is 1. The Balaban J connectivity index is 2.23. The summed E-state index contributed by atoms with van der Waals surface area (Å²) in [6.45, 7) is -1.44. The number of methoxy groups -OCH3 is 1. The standard InChI is InChI=1S/C9H7F3N2O3S/c1-16-7(15)6-5-4(2-18-6)13-8(14-5)17-3-9(10,11)12/h2H,3H2,1H3,(H,13,14). The second-order valence-electron chi connectivity index (χ2n) is 3.26. The van der Waals surface area contributed by atoms with Gasteiger partial charge in [0.1, 0.15) is 10.4 Å². The van der Waals surface area contributed by atoms with Crippen molar-refractivity contribution in [3.8, 4) is 6.01 Å². The lowest BCUT2D eigenvalue weighted by atomic mass is 10.4. The number of carbonyl (C=O) groups excluding carboxylic acids is 1. The normalized spacial score (nSPS) is 11.8. The monoisotopic (exact) mass is 280 g/mol. The number of rotatable bonds is 3. The Kier molecular flexibility index (Phi) is 3.16. The number of carbonyl (C=O) groups is 1. The molecule has 0 aromatic carbocycles. The molecule has 0 aliphatic carbocycles. The fraction of sp³-hybridized carbons (Fsp3) is 0.333. The number of aromatic nitrogens is 2. The van der Waals surface area contributed by atoms with Crippen LogP contribution >= 0.6 is 11.3 Å². The van der Waals surface area contributed by atoms with Crippen LogP contribution in [0, 0.1) is 0 Å². The molecule has 0 saturated heterocycles. The summed E-state index contributed by atoms with van der Waals surface area (Å²) < 4.78 is 44.8. The van der Waals surface area contributed by atoms with E-state index < -0.39 is 18.8 Å². The van der Waals surface area contributed by atoms with Crippen molar-refractivity contribution in [1.82, 2.24) is 9.97 Å². The summed E-state index contributed by atoms with van der Waals surface area (Å²) in [7, 11) is 1.21. The largest absolute Gasteiger partial charge is 0.465 e. The Morgan fingerprint density at radius 1 is 1.56 bits per heavy atom. The maximum Gasteiger partial charge on any atom is 0.422 e. The number of alkyl halides is 3. The zero-order chi connectivity index (χ0) is 13.3. The van der Waals surface area contributed by atoms with Crippen LogP contribution in [0.3, 0.4) is 0 Å². The molecule has 0 unspecified atom stereocenters. The fourth-order valence-electron chi connectivity index (χ4n) is 1.25. The number of fused-ring (bicyclic) bond motifs is 1. The van der Waals surface area contributed by atoms with E-state index in [-0.39, 0.29) is 16.4 Å². The van der Waals surface area contributed by atoms with E-state index in [1.54, 1.807) is 5.38 Å². The van der Waals surface area contributed by atoms with E-state index in [1.807, 2.05) is 0 Å². The average molecular weight is 280 g/mol. The van der Waals surface area contributed by atoms with Gasteiger partial charge in [-0.15, -0.1) is 11.3 Å². The molecule has 1 N–H and O–H groups in total. The van der Waals surface area contributed by atoms with Crippen molar-refractivity contribution in [3.05, 3.63) is 10.3 Å². The molecule has 0 atom stereocenters. The van der Waals surface area contributed by atoms with Crippen LogP contribution in [0.25, 0.3) is 11.0 Å². The third-order valence-electron chi connectivity index (χ3n) is 1.96. The van der Waals surface area contributed by atoms with E-state index >= 15 is 0 Å². The molecule has 18 heavy (non-hydrogen) atoms. The Morgan fingerprint density at radius 3 is 2.89 bits per heavy atom. The van der Waals surface area contributed by atoms with Gasteiger partial charge in [-0.05, 0) is 0 Å². The molecular weight excluding hydrogens is 273 g/mol. The maximum atomic E-state index is 11.9. The molecule has 0 spiro atoms. The van der Waals surface area contributed by atoms with E-state index in [2.05, 4.69) is 19.4 Å². The fourth-order valence-corrected chi connectivity index (χ4v) is 2.11. The summed E-state index contributed by atoms with van der Waals surface area (Å²) in [5, 5.41) is 1.55. The first-order valence-corrected chi connectivity index (χ1v) is 5.54. The van der Waals surface area contributed by atoms with Crippen molar-refractivity contribution < 1.29 is 27.4 Å². The molecule has 2 rings (SSSR count). The first-order chi connectivity index (χ1) is 8.40. The van der Waals surface area contributed by atoms with Gasteiger partial charge in [0.05, 0.1) is 12.6 Å². The molecule has 9 heteroatoms. The van der Waals surface area contributed by atoms with Crippen molar-refractivity contribution in [1.29, 1.82) is 0 Å². The van der Waals surface area contributed by atoms with Crippen LogP contribution in [0.2, 0.25) is 0 Å². The molecule has 0 bridgehead atoms. The van der Waals surface area contributed by atoms with Crippen LogP contribution in [0.4, 0.5) is 13.2 Å². The van der Waals surface area contributed by atoms with Gasteiger partial charge in [-0.25, -0.2) is 4.79 Å². The van der Waals surface area contributed by atoms with Gasteiger partial charge < -0.3 is 14.5 Å². The average Bonchev–Trinajstić information content (AvgIpc) is 2.83. The lowest BCUT2D eigenvalue weighted by Crippen LogP contribution is -2.19. The molecule has 0 saturated carbocycles. The van der Waals surface area contributed by atoms with Crippen molar-refractivity contribution in [2.75, 3.05) is 13.7 Å². The van der Waals surface area contributed by atoms with Gasteiger partial charge >= 0.3 is 12.1 Å². The number of thiophene rings is 1. The minimum Gasteiger partial charge on any atom is -0.465 e. The Labute approximate surface area is 103 Å². The van der Waals surface area contributed by atoms with Crippen LogP contribution in [0.5, 0.6) is 6.01 Å². The summed E-state index contributed by atoms with van der Waals surface area (Å²) >= 11 is 1.09. The number of nitrogens with zero attached hydrogens (tertiary/aromatic N) is 1. The predicted octanol–water partition coefficient (Wildman–Crippen LogP) is 2.35. The van der Waals surface area contributed by atoms with E-state index in [4.69, 9.17) is 0 Å². The summed E-state index contributed by atoms with van der Waals surface area (Å²) in [6.07, 6.45) is -4.44. The molecule has 0 aliphatic rings. The highest BCUT2D eigenvalue weighted by atomic mass is 32.1. The van der Waals surface area contributed by atoms with Gasteiger partial charge in [-0.1, -0.05) is 0 Å². The summed E-state index contributed by atoms with van der Waals surface area (Å²) in [5.74, 6) is -0.594. The molecular formula is C9H7F3N2O3S. The van der Waals surface area contributed by atoms with Crippen molar-refractivity contribution in [3.63, 3.8) is 0 Å². The van der Waals surface area contributed by atoms with Crippen molar-refractivity contribution >= 4 is 28.3 Å². The van der Waals surface area contributed by atoms with Crippen LogP contribution < -0.4 is 4.74 Å². The smallest absolute Gasteiger partial charge is 0.422 e. The number of imidazole rings is 1. The predicted molar refractivity (Wildman–Crippen MR) is 56.9 cm³/mol. The molecule has 0 amide bonds. The van der Waals surface area contributed by atoms with Gasteiger partial charge in [0.25, 0.3) is 6.01 Å². The van der Waals surface area contributed by atoms with Gasteiger partial charge in [-0.2, -0.15) is 18.2 Å². The number of hydrogen-bond acceptors (Lipinski definition) is 5. The number of hydrogen-bond donors (Lipinski definition) is 1. The number of nitrogens with one attached hydrogen (secondary N) is 1. The van der Waals surface area contributed by atoms with Crippen LogP contribution in [0.15, 0.2) is 5.38 Å². The van der Waals surface area contributed by atoms with E-state index in [0.29, 0.717) is 5.52 Å². The van der Waals surface area contributed by atoms with Gasteiger partial charge in [-0.3, -0.25) is 0 Å². The molecule has 0 aliphatic heterocycles. The van der Waals surface area contributed by atoms with Gasteiger partial charge in [0, 0.05) is 5.38 Å². The minimum atomic E-state index is -4.44. The second-order valence-corrected chi connectivity index (χ2v) is 4.14. The van der Waals surface area contributed by atoms with Crippen molar-refractivity contribution in [2.45, 2.75) is 6.18 Å². The highest BCUT2D eigenvalue weighted by molar-refractivity contribution is 7.13. The SMILES string of the molecule is COC(=O)c1scc2[nH]c(OCC(F)(F)F)nc12. The molecule has 5 nitrogen and oxygen atoms in total. The molecule has 2 heterocycles. The summed E-state index contributed by atoms with van der Waals surface area (Å²) in [4.78, 5) is 17.9. The number of ether oxygens (including phenoxy) is 2. The lowest BCUT2D eigenvalue weighted by molar-refractivity contribution is -0.154. The van der Waals surface area contributed by atoms with Gasteiger partial charge in [0.15, 0.2) is 6.61 Å². The second kappa shape index (κ2) is 4.48. The number of esters is 1. The van der Waals surface area contributed by atoms with Crippen LogP contribution in [0.1, 0.15) is 9.67 Å². The maximum absolute atomic E-state index is 11.9. The Morgan fingerprint density at radius 2 is 2.28 bits per heavy atom. The highest BCUT2D eigenvalue weighted by Gasteiger charge is 2.29. The minimum absolute atomic E-state index is 0.214. The van der Waals surface area contributed by atoms with E-state index in [9.17, 15) is 18.0 Å². The molecule has 2 aromatic heterocycles. The molecule has 98 valence electrons. The highest BCUT2D eigenvalue weighted by Crippen LogP contribution is 2.27. The molecule has 0 fully saturated rings. The quantitative estimate of drug-likeness (QED) is 0.876. The van der Waals surface area contributed by atoms with Crippen molar-refractivity contribution in [2.24, 2.45) is 0 Å². The number of halogens is 3. The molecule has 2 aromatic rings. The Bertz CT molecular complexity index is 575. The first-order valence-electron chi connectivity index (χ1n) is 4.66. The third-order valence-corrected chi connectivity index (χ3v) is 2.91. The zero-order valence-corrected chi connectivity index (χ0v) is 9.82. The van der Waals surface area contributed by atoms with Crippen LogP contribution in [-0.4, -0.2) is 35.8 Å². The lowest BCUT2D eigenvalue weighted by Gasteiger charge is -2.05. The Hall–Kier alpha value is -1.77. The van der Waals surface area contributed by atoms with E-state index in [1.165, 1.54) is 7.11 Å².